The van der Waals surface area contributed by atoms with Crippen LogP contribution in [-0.2, 0) is 25.4 Å². The quantitative estimate of drug-likeness (QED) is 0.179. The van der Waals surface area contributed by atoms with Gasteiger partial charge in [0, 0.05) is 47.6 Å². The number of aliphatic hydroxyl groups is 3. The number of aromatic hydroxyl groups is 2. The Morgan fingerprint density at radius 3 is 2.33 bits per heavy atom. The second kappa shape index (κ2) is 10.1. The first-order valence-electron chi connectivity index (χ1n) is 12.5. The summed E-state index contributed by atoms with van der Waals surface area (Å²) < 4.78 is 17.2. The highest BCUT2D eigenvalue weighted by atomic mass is 16.7. The van der Waals surface area contributed by atoms with E-state index in [9.17, 15) is 34.8 Å². The second-order valence-electron chi connectivity index (χ2n) is 10.1. The van der Waals surface area contributed by atoms with Gasteiger partial charge in [0.2, 0.25) is 0 Å². The normalized spacial score (nSPS) is 29.9. The van der Waals surface area contributed by atoms with Crippen molar-refractivity contribution in [3.63, 3.8) is 0 Å². The lowest BCUT2D eigenvalue weighted by molar-refractivity contribution is -0.271. The van der Waals surface area contributed by atoms with Crippen LogP contribution < -0.4 is 5.73 Å². The Bertz CT molecular complexity index is 1350. The number of phenols is 2. The molecule has 1 saturated heterocycles. The number of rotatable bonds is 6. The number of hydrogen-bond donors (Lipinski definition) is 6. The third kappa shape index (κ3) is 4.63. The number of hydrogen-bond acceptors (Lipinski definition) is 12. The lowest BCUT2D eigenvalue weighted by Crippen LogP contribution is -2.52. The average molecular weight is 544 g/mol. The van der Waals surface area contributed by atoms with E-state index in [1.165, 1.54) is 12.1 Å². The highest BCUT2D eigenvalue weighted by Crippen LogP contribution is 2.52. The number of carbonyl (C=O) groups excluding carboxylic acids is 3. The van der Waals surface area contributed by atoms with E-state index in [1.54, 1.807) is 19.1 Å². The zero-order valence-electron chi connectivity index (χ0n) is 21.0. The number of benzene rings is 2. The molecule has 1 fully saturated rings. The van der Waals surface area contributed by atoms with E-state index < -0.39 is 96.0 Å². The number of Topliss-reactive ketones (excluding diaryl/α,β-unsaturated/α-hetero) is 1. The molecule has 0 saturated carbocycles. The van der Waals surface area contributed by atoms with Crippen molar-refractivity contribution in [1.29, 1.82) is 0 Å². The maximum Gasteiger partial charge on any atom is 0.198 e. The summed E-state index contributed by atoms with van der Waals surface area (Å²) in [5, 5.41) is 53.3. The molecule has 0 aromatic heterocycles. The van der Waals surface area contributed by atoms with Gasteiger partial charge in [0.15, 0.2) is 29.4 Å². The maximum absolute atomic E-state index is 13.4. The molecule has 5 rings (SSSR count). The number of nitrogens with two attached hydrogens (primary N) is 1. The predicted molar refractivity (Wildman–Crippen MR) is 131 cm³/mol. The maximum atomic E-state index is 13.4. The number of carbonyl (C=O) groups is 3. The van der Waals surface area contributed by atoms with E-state index in [4.69, 9.17) is 25.1 Å². The van der Waals surface area contributed by atoms with E-state index in [1.807, 2.05) is 0 Å². The molecule has 0 bridgehead atoms. The number of ketones is 3. The summed E-state index contributed by atoms with van der Waals surface area (Å²) in [7, 11) is 0. The Kier molecular flexibility index (Phi) is 7.06. The standard InChI is InChI=1S/C27H29NO11/c1-11-22(31)16(28)6-18(38-11)39-17-8-27(36,37-10-12(30)9-29)7-15-19(17)26(35)21-20(25(15)34)23(32)13-4-2-3-5-14(13)24(21)33/h2-5,11,16-18,22,29,31,34-36H,6-10,28H2,1H3/t11-,16+,17?,18+,22+,27?/m1/s1. The molecule has 2 unspecified atom stereocenters. The van der Waals surface area contributed by atoms with Crippen molar-refractivity contribution in [3.8, 4) is 11.5 Å². The van der Waals surface area contributed by atoms with Crippen molar-refractivity contribution in [2.24, 2.45) is 5.73 Å². The van der Waals surface area contributed by atoms with E-state index in [2.05, 4.69) is 0 Å². The third-order valence-corrected chi connectivity index (χ3v) is 7.48. The number of aliphatic hydroxyl groups excluding tert-OH is 2. The fraction of sp³-hybridized carbons (Fsp3) is 0.444. The van der Waals surface area contributed by atoms with Crippen molar-refractivity contribution in [3.05, 3.63) is 57.6 Å². The molecular formula is C27H29NO11. The molecule has 1 aliphatic heterocycles. The minimum absolute atomic E-state index is 0.0438. The van der Waals surface area contributed by atoms with Gasteiger partial charge >= 0.3 is 0 Å². The van der Waals surface area contributed by atoms with E-state index in [0.717, 1.165) is 0 Å². The van der Waals surface area contributed by atoms with Crippen LogP contribution in [0.4, 0.5) is 0 Å². The molecule has 0 radical (unpaired) electrons. The summed E-state index contributed by atoms with van der Waals surface area (Å²) in [5.41, 5.74) is 5.14. The van der Waals surface area contributed by atoms with E-state index in [-0.39, 0.29) is 35.1 Å². The van der Waals surface area contributed by atoms with Crippen LogP contribution in [0, 0.1) is 0 Å². The minimum Gasteiger partial charge on any atom is -0.507 e. The van der Waals surface area contributed by atoms with E-state index >= 15 is 0 Å². The average Bonchev–Trinajstić information content (AvgIpc) is 2.90. The van der Waals surface area contributed by atoms with Crippen molar-refractivity contribution in [1.82, 2.24) is 0 Å². The first-order valence-corrected chi connectivity index (χ1v) is 12.5. The van der Waals surface area contributed by atoms with Crippen molar-refractivity contribution in [2.45, 2.75) is 62.6 Å². The molecule has 12 nitrogen and oxygen atoms in total. The van der Waals surface area contributed by atoms with Crippen LogP contribution in [0.15, 0.2) is 24.3 Å². The summed E-state index contributed by atoms with van der Waals surface area (Å²) in [5.74, 6) is -5.46. The fourth-order valence-corrected chi connectivity index (χ4v) is 5.49. The molecular weight excluding hydrogens is 514 g/mol. The Balaban J connectivity index is 1.62. The van der Waals surface area contributed by atoms with Crippen LogP contribution in [0.3, 0.4) is 0 Å². The van der Waals surface area contributed by atoms with Gasteiger partial charge in [-0.05, 0) is 6.92 Å². The summed E-state index contributed by atoms with van der Waals surface area (Å²) in [4.78, 5) is 38.5. The van der Waals surface area contributed by atoms with Crippen molar-refractivity contribution >= 4 is 17.3 Å². The molecule has 2 aliphatic carbocycles. The van der Waals surface area contributed by atoms with Gasteiger partial charge in [-0.1, -0.05) is 24.3 Å². The highest BCUT2D eigenvalue weighted by Gasteiger charge is 2.48. The molecule has 6 atom stereocenters. The van der Waals surface area contributed by atoms with Crippen molar-refractivity contribution < 1.29 is 54.1 Å². The third-order valence-electron chi connectivity index (χ3n) is 7.48. The number of phenolic OH excluding ortho intramolecular Hbond substituents is 2. The first kappa shape index (κ1) is 27.3. The Morgan fingerprint density at radius 1 is 1.13 bits per heavy atom. The van der Waals surface area contributed by atoms with E-state index in [0.29, 0.717) is 0 Å². The Morgan fingerprint density at radius 2 is 1.74 bits per heavy atom. The Hall–Kier alpha value is -3.23. The first-order chi connectivity index (χ1) is 18.5. The molecule has 3 aliphatic rings. The number of fused-ring (bicyclic) bond motifs is 3. The second-order valence-corrected chi connectivity index (χ2v) is 10.1. The lowest BCUT2D eigenvalue weighted by Gasteiger charge is -2.42. The summed E-state index contributed by atoms with van der Waals surface area (Å²) >= 11 is 0. The van der Waals surface area contributed by atoms with Crippen LogP contribution in [0.25, 0.3) is 0 Å². The van der Waals surface area contributed by atoms with Gasteiger partial charge in [-0.25, -0.2) is 0 Å². The SMILES string of the molecule is C[C@H]1O[C@@H](OC2CC(O)(OCC(=O)CO)Cc3c(O)c4c(c(O)c32)C(=O)c2ccccc2C4=O)C[C@H](N)[C@H]1O. The van der Waals surface area contributed by atoms with Gasteiger partial charge < -0.3 is 45.5 Å². The molecule has 39 heavy (non-hydrogen) atoms. The van der Waals surface area contributed by atoms with Gasteiger partial charge in [-0.2, -0.15) is 0 Å². The van der Waals surface area contributed by atoms with Gasteiger partial charge in [0.05, 0.1) is 29.4 Å². The smallest absolute Gasteiger partial charge is 0.198 e. The van der Waals surface area contributed by atoms with Crippen LogP contribution in [0.2, 0.25) is 0 Å². The fourth-order valence-electron chi connectivity index (χ4n) is 5.49. The largest absolute Gasteiger partial charge is 0.507 e. The van der Waals surface area contributed by atoms with Crippen LogP contribution in [-0.4, -0.2) is 86.4 Å². The number of ether oxygens (including phenoxy) is 3. The van der Waals surface area contributed by atoms with Crippen molar-refractivity contribution in [2.75, 3.05) is 13.2 Å². The highest BCUT2D eigenvalue weighted by molar-refractivity contribution is 6.30. The lowest BCUT2D eigenvalue weighted by atomic mass is 9.75. The molecule has 208 valence electrons. The topological polar surface area (TPSA) is 206 Å². The zero-order valence-corrected chi connectivity index (χ0v) is 21.0. The van der Waals surface area contributed by atoms with Crippen LogP contribution in [0.5, 0.6) is 11.5 Å². The summed E-state index contributed by atoms with van der Waals surface area (Å²) in [6.45, 7) is 0.109. The van der Waals surface area contributed by atoms with Gasteiger partial charge in [-0.3, -0.25) is 14.4 Å². The predicted octanol–water partition coefficient (Wildman–Crippen LogP) is -0.0332. The van der Waals surface area contributed by atoms with Gasteiger partial charge in [-0.15, -0.1) is 0 Å². The monoisotopic (exact) mass is 543 g/mol. The minimum atomic E-state index is -2.14. The summed E-state index contributed by atoms with van der Waals surface area (Å²) in [6.07, 6.45) is -4.76. The Labute approximate surface area is 222 Å². The van der Waals surface area contributed by atoms with Gasteiger partial charge in [0.25, 0.3) is 0 Å². The van der Waals surface area contributed by atoms with Gasteiger partial charge in [0.1, 0.15) is 24.7 Å². The van der Waals surface area contributed by atoms with Crippen LogP contribution >= 0.6 is 0 Å². The summed E-state index contributed by atoms with van der Waals surface area (Å²) in [6, 6.07) is 5.30. The molecule has 2 aromatic carbocycles. The molecule has 0 spiro atoms. The molecule has 0 amide bonds. The van der Waals surface area contributed by atoms with Crippen LogP contribution in [0.1, 0.15) is 68.8 Å². The molecule has 7 N–H and O–H groups in total. The molecule has 1 heterocycles. The molecule has 12 heteroatoms. The molecule has 2 aromatic rings. The zero-order chi connectivity index (χ0) is 28.2.